The normalized spacial score (nSPS) is 26.1. The van der Waals surface area contributed by atoms with E-state index >= 15 is 0 Å². The fraction of sp³-hybridized carbons (Fsp3) is 0.222. The third-order valence-electron chi connectivity index (χ3n) is 4.55. The minimum absolute atomic E-state index is 0.175. The van der Waals surface area contributed by atoms with E-state index in [0.717, 1.165) is 6.42 Å². The van der Waals surface area contributed by atoms with E-state index in [-0.39, 0.29) is 11.9 Å². The average Bonchev–Trinajstić information content (AvgIpc) is 2.97. The van der Waals surface area contributed by atoms with Crippen LogP contribution < -0.4 is 5.32 Å². The molecule has 0 radical (unpaired) electrons. The molecule has 0 bridgehead atoms. The molecule has 2 aliphatic rings. The average molecular weight is 391 g/mol. The Kier molecular flexibility index (Phi) is 3.25. The fourth-order valence-corrected chi connectivity index (χ4v) is 4.08. The molecule has 3 atom stereocenters. The zero-order chi connectivity index (χ0) is 14.4. The highest BCUT2D eigenvalue weighted by Gasteiger charge is 2.37. The first-order chi connectivity index (χ1) is 10.2. The molecule has 1 nitrogen and oxygen atoms in total. The number of rotatable bonds is 1. The van der Waals surface area contributed by atoms with Gasteiger partial charge < -0.3 is 5.32 Å². The third-order valence-corrected chi connectivity index (χ3v) is 5.22. The van der Waals surface area contributed by atoms with E-state index < -0.39 is 0 Å². The molecule has 3 heteroatoms. The molecule has 1 N–H and O–H groups in total. The molecule has 0 amide bonds. The minimum Gasteiger partial charge on any atom is -0.378 e. The van der Waals surface area contributed by atoms with Gasteiger partial charge in [-0.05, 0) is 76.4 Å². The van der Waals surface area contributed by atoms with Crippen LogP contribution in [0.5, 0.6) is 0 Å². The van der Waals surface area contributed by atoms with Gasteiger partial charge in [0.15, 0.2) is 0 Å². The second kappa shape index (κ2) is 5.13. The predicted molar refractivity (Wildman–Crippen MR) is 91.9 cm³/mol. The second-order valence-electron chi connectivity index (χ2n) is 5.76. The Morgan fingerprint density at radius 3 is 2.71 bits per heavy atom. The van der Waals surface area contributed by atoms with Gasteiger partial charge in [-0.2, -0.15) is 0 Å². The zero-order valence-corrected chi connectivity index (χ0v) is 13.5. The van der Waals surface area contributed by atoms with Crippen LogP contribution in [0.3, 0.4) is 0 Å². The van der Waals surface area contributed by atoms with Crippen LogP contribution in [0, 0.1) is 15.3 Å². The minimum atomic E-state index is -0.175. The van der Waals surface area contributed by atoms with Crippen molar-refractivity contribution in [2.45, 2.75) is 18.4 Å². The molecule has 0 saturated heterocycles. The molecule has 2 aromatic rings. The summed E-state index contributed by atoms with van der Waals surface area (Å²) >= 11 is 2.37. The molecule has 106 valence electrons. The highest BCUT2D eigenvalue weighted by Crippen LogP contribution is 2.49. The lowest BCUT2D eigenvalue weighted by atomic mass is 9.77. The summed E-state index contributed by atoms with van der Waals surface area (Å²) < 4.78 is 14.4. The van der Waals surface area contributed by atoms with Crippen molar-refractivity contribution in [3.8, 4) is 0 Å². The van der Waals surface area contributed by atoms with Crippen molar-refractivity contribution in [1.29, 1.82) is 0 Å². The number of benzene rings is 2. The molecule has 4 rings (SSSR count). The lowest BCUT2D eigenvalue weighted by molar-refractivity contribution is 0.425. The SMILES string of the molecule is Fc1ccc([C@@H]2Nc3ccc(I)cc3[C@@H]3C=CC[C@@H]32)cc1. The molecule has 1 aliphatic heterocycles. The van der Waals surface area contributed by atoms with E-state index in [1.807, 2.05) is 12.1 Å². The maximum atomic E-state index is 13.2. The summed E-state index contributed by atoms with van der Waals surface area (Å²) in [7, 11) is 0. The van der Waals surface area contributed by atoms with E-state index in [1.54, 1.807) is 12.1 Å². The molecule has 0 spiro atoms. The van der Waals surface area contributed by atoms with Crippen molar-refractivity contribution in [2.75, 3.05) is 5.32 Å². The van der Waals surface area contributed by atoms with Gasteiger partial charge in [0, 0.05) is 15.2 Å². The Balaban J connectivity index is 1.78. The van der Waals surface area contributed by atoms with Crippen molar-refractivity contribution in [1.82, 2.24) is 0 Å². The predicted octanol–water partition coefficient (Wildman–Crippen LogP) is 5.26. The van der Waals surface area contributed by atoms with Crippen LogP contribution in [0.4, 0.5) is 10.1 Å². The molecule has 21 heavy (non-hydrogen) atoms. The number of hydrogen-bond acceptors (Lipinski definition) is 1. The Morgan fingerprint density at radius 1 is 1.10 bits per heavy atom. The van der Waals surface area contributed by atoms with Gasteiger partial charge in [0.1, 0.15) is 5.82 Å². The van der Waals surface area contributed by atoms with Gasteiger partial charge in [-0.3, -0.25) is 0 Å². The standard InChI is InChI=1S/C18H15FIN/c19-12-6-4-11(5-7-12)18-15-3-1-2-14(15)16-10-13(20)8-9-17(16)21-18/h1-2,4-10,14-15,18,21H,3H2/t14-,15+,18+/m1/s1. The maximum absolute atomic E-state index is 13.2. The number of fused-ring (bicyclic) bond motifs is 3. The first-order valence-electron chi connectivity index (χ1n) is 7.20. The largest absolute Gasteiger partial charge is 0.378 e. The van der Waals surface area contributed by atoms with Crippen molar-refractivity contribution < 1.29 is 4.39 Å². The van der Waals surface area contributed by atoms with Gasteiger partial charge in [0.2, 0.25) is 0 Å². The number of nitrogens with one attached hydrogen (secondary N) is 1. The van der Waals surface area contributed by atoms with Crippen LogP contribution in [0.15, 0.2) is 54.6 Å². The van der Waals surface area contributed by atoms with E-state index in [2.05, 4.69) is 58.3 Å². The van der Waals surface area contributed by atoms with Crippen LogP contribution in [0.2, 0.25) is 0 Å². The monoisotopic (exact) mass is 391 g/mol. The summed E-state index contributed by atoms with van der Waals surface area (Å²) in [6, 6.07) is 13.7. The Labute approximate surface area is 137 Å². The summed E-state index contributed by atoms with van der Waals surface area (Å²) in [4.78, 5) is 0. The van der Waals surface area contributed by atoms with Crippen molar-refractivity contribution in [3.05, 3.63) is 75.1 Å². The first kappa shape index (κ1) is 13.3. The van der Waals surface area contributed by atoms with Crippen LogP contribution >= 0.6 is 22.6 Å². The Morgan fingerprint density at radius 2 is 1.90 bits per heavy atom. The number of halogens is 2. The Bertz CT molecular complexity index is 708. The van der Waals surface area contributed by atoms with E-state index in [1.165, 1.54) is 20.4 Å². The van der Waals surface area contributed by atoms with Crippen molar-refractivity contribution in [2.24, 2.45) is 5.92 Å². The molecule has 0 fully saturated rings. The molecule has 0 unspecified atom stereocenters. The summed E-state index contributed by atoms with van der Waals surface area (Å²) in [5.41, 5.74) is 3.76. The lowest BCUT2D eigenvalue weighted by Gasteiger charge is -2.37. The molecule has 0 saturated carbocycles. The topological polar surface area (TPSA) is 12.0 Å². The zero-order valence-electron chi connectivity index (χ0n) is 11.4. The lowest BCUT2D eigenvalue weighted by Crippen LogP contribution is -2.29. The Hall–Kier alpha value is -1.36. The molecule has 2 aromatic carbocycles. The number of allylic oxidation sites excluding steroid dienone is 2. The quantitative estimate of drug-likeness (QED) is 0.517. The van der Waals surface area contributed by atoms with Crippen LogP contribution in [-0.2, 0) is 0 Å². The second-order valence-corrected chi connectivity index (χ2v) is 7.00. The van der Waals surface area contributed by atoms with E-state index in [0.29, 0.717) is 11.8 Å². The summed E-state index contributed by atoms with van der Waals surface area (Å²) in [6.07, 6.45) is 5.68. The molecule has 0 aromatic heterocycles. The highest BCUT2D eigenvalue weighted by atomic mass is 127. The van der Waals surface area contributed by atoms with Crippen molar-refractivity contribution in [3.63, 3.8) is 0 Å². The molecule has 1 heterocycles. The van der Waals surface area contributed by atoms with Crippen LogP contribution in [0.1, 0.15) is 29.5 Å². The summed E-state index contributed by atoms with van der Waals surface area (Å²) in [6.45, 7) is 0. The van der Waals surface area contributed by atoms with Gasteiger partial charge in [0.05, 0.1) is 6.04 Å². The maximum Gasteiger partial charge on any atom is 0.123 e. The molecular weight excluding hydrogens is 376 g/mol. The fourth-order valence-electron chi connectivity index (χ4n) is 3.57. The van der Waals surface area contributed by atoms with Gasteiger partial charge in [-0.25, -0.2) is 4.39 Å². The van der Waals surface area contributed by atoms with E-state index in [9.17, 15) is 4.39 Å². The number of hydrogen-bond donors (Lipinski definition) is 1. The smallest absolute Gasteiger partial charge is 0.123 e. The third kappa shape index (κ3) is 2.27. The van der Waals surface area contributed by atoms with Gasteiger partial charge in [-0.1, -0.05) is 24.3 Å². The number of anilines is 1. The summed E-state index contributed by atoms with van der Waals surface area (Å²) in [5, 5.41) is 3.67. The highest BCUT2D eigenvalue weighted by molar-refractivity contribution is 14.1. The van der Waals surface area contributed by atoms with Gasteiger partial charge in [-0.15, -0.1) is 0 Å². The summed E-state index contributed by atoms with van der Waals surface area (Å²) in [5.74, 6) is 0.804. The van der Waals surface area contributed by atoms with Crippen molar-refractivity contribution >= 4 is 28.3 Å². The molecule has 1 aliphatic carbocycles. The van der Waals surface area contributed by atoms with E-state index in [4.69, 9.17) is 0 Å². The van der Waals surface area contributed by atoms with Crippen LogP contribution in [0.25, 0.3) is 0 Å². The molecular formula is C18H15FIN. The van der Waals surface area contributed by atoms with Gasteiger partial charge >= 0.3 is 0 Å². The van der Waals surface area contributed by atoms with Gasteiger partial charge in [0.25, 0.3) is 0 Å². The van der Waals surface area contributed by atoms with Crippen LogP contribution in [-0.4, -0.2) is 0 Å². The first-order valence-corrected chi connectivity index (χ1v) is 8.28.